The summed E-state index contributed by atoms with van der Waals surface area (Å²) < 4.78 is 5.65. The number of hydrogen-bond donors (Lipinski definition) is 1. The van der Waals surface area contributed by atoms with Crippen LogP contribution in [0.1, 0.15) is 39.5 Å². The zero-order valence-electron chi connectivity index (χ0n) is 11.1. The van der Waals surface area contributed by atoms with Crippen LogP contribution in [-0.4, -0.2) is 19.2 Å². The molecule has 2 heteroatoms. The van der Waals surface area contributed by atoms with Gasteiger partial charge >= 0.3 is 0 Å². The van der Waals surface area contributed by atoms with Crippen molar-refractivity contribution in [3.05, 3.63) is 30.3 Å². The SMILES string of the molecule is CCCC(CCC)NCCOc1ccccc1. The van der Waals surface area contributed by atoms with Gasteiger partial charge in [-0.05, 0) is 25.0 Å². The van der Waals surface area contributed by atoms with Crippen LogP contribution >= 0.6 is 0 Å². The first kappa shape index (κ1) is 14.0. The van der Waals surface area contributed by atoms with Crippen LogP contribution in [0.25, 0.3) is 0 Å². The average Bonchev–Trinajstić information content (AvgIpc) is 2.36. The van der Waals surface area contributed by atoms with E-state index in [0.29, 0.717) is 6.04 Å². The summed E-state index contributed by atoms with van der Waals surface area (Å²) in [5, 5.41) is 3.57. The molecule has 0 saturated carbocycles. The quantitative estimate of drug-likeness (QED) is 0.660. The number of nitrogens with one attached hydrogen (secondary N) is 1. The van der Waals surface area contributed by atoms with Gasteiger partial charge in [-0.1, -0.05) is 44.9 Å². The fourth-order valence-electron chi connectivity index (χ4n) is 1.99. The summed E-state index contributed by atoms with van der Waals surface area (Å²) in [5.41, 5.74) is 0. The number of ether oxygens (including phenoxy) is 1. The third-order valence-corrected chi connectivity index (χ3v) is 2.82. The van der Waals surface area contributed by atoms with Crippen LogP contribution in [0.4, 0.5) is 0 Å². The summed E-state index contributed by atoms with van der Waals surface area (Å²) in [6.45, 7) is 6.16. The van der Waals surface area contributed by atoms with E-state index in [1.165, 1.54) is 25.7 Å². The lowest BCUT2D eigenvalue weighted by Gasteiger charge is -2.17. The van der Waals surface area contributed by atoms with E-state index in [1.807, 2.05) is 30.3 Å². The number of hydrogen-bond acceptors (Lipinski definition) is 2. The minimum atomic E-state index is 0.657. The highest BCUT2D eigenvalue weighted by molar-refractivity contribution is 5.20. The summed E-state index contributed by atoms with van der Waals surface area (Å²) >= 11 is 0. The molecule has 2 nitrogen and oxygen atoms in total. The predicted molar refractivity (Wildman–Crippen MR) is 73.5 cm³/mol. The van der Waals surface area contributed by atoms with E-state index >= 15 is 0 Å². The number of para-hydroxylation sites is 1. The summed E-state index contributed by atoms with van der Waals surface area (Å²) in [6, 6.07) is 10.7. The lowest BCUT2D eigenvalue weighted by atomic mass is 10.1. The molecule has 0 atom stereocenters. The van der Waals surface area contributed by atoms with Gasteiger partial charge in [0.1, 0.15) is 12.4 Å². The van der Waals surface area contributed by atoms with Gasteiger partial charge in [0.15, 0.2) is 0 Å². The van der Waals surface area contributed by atoms with Crippen molar-refractivity contribution in [3.63, 3.8) is 0 Å². The molecular formula is C15H25NO. The molecule has 0 amide bonds. The summed E-state index contributed by atoms with van der Waals surface area (Å²) in [5.74, 6) is 0.955. The Bertz CT molecular complexity index is 268. The van der Waals surface area contributed by atoms with E-state index < -0.39 is 0 Å². The average molecular weight is 235 g/mol. The largest absolute Gasteiger partial charge is 0.492 e. The van der Waals surface area contributed by atoms with Gasteiger partial charge < -0.3 is 10.1 Å². The smallest absolute Gasteiger partial charge is 0.119 e. The lowest BCUT2D eigenvalue weighted by molar-refractivity contribution is 0.299. The molecule has 96 valence electrons. The molecule has 1 aromatic carbocycles. The molecule has 0 aliphatic rings. The highest BCUT2D eigenvalue weighted by atomic mass is 16.5. The van der Waals surface area contributed by atoms with Gasteiger partial charge in [0.25, 0.3) is 0 Å². The highest BCUT2D eigenvalue weighted by Crippen LogP contribution is 2.08. The van der Waals surface area contributed by atoms with Gasteiger partial charge in [0, 0.05) is 12.6 Å². The molecule has 1 N–H and O–H groups in total. The van der Waals surface area contributed by atoms with Gasteiger partial charge in [0.05, 0.1) is 0 Å². The van der Waals surface area contributed by atoms with Crippen LogP contribution in [0.15, 0.2) is 30.3 Å². The molecule has 0 bridgehead atoms. The van der Waals surface area contributed by atoms with E-state index in [4.69, 9.17) is 4.74 Å². The Morgan fingerprint density at radius 2 is 1.71 bits per heavy atom. The van der Waals surface area contributed by atoms with Crippen LogP contribution in [0.3, 0.4) is 0 Å². The van der Waals surface area contributed by atoms with E-state index in [9.17, 15) is 0 Å². The second-order valence-electron chi connectivity index (χ2n) is 4.39. The normalized spacial score (nSPS) is 10.8. The van der Waals surface area contributed by atoms with E-state index in [2.05, 4.69) is 19.2 Å². The van der Waals surface area contributed by atoms with E-state index in [0.717, 1.165) is 18.9 Å². The molecule has 1 aromatic rings. The number of rotatable bonds is 9. The van der Waals surface area contributed by atoms with Crippen molar-refractivity contribution in [2.75, 3.05) is 13.2 Å². The first-order valence-electron chi connectivity index (χ1n) is 6.78. The zero-order valence-corrected chi connectivity index (χ0v) is 11.1. The Balaban J connectivity index is 2.13. The van der Waals surface area contributed by atoms with Crippen LogP contribution in [-0.2, 0) is 0 Å². The van der Waals surface area contributed by atoms with Gasteiger partial charge in [-0.15, -0.1) is 0 Å². The fraction of sp³-hybridized carbons (Fsp3) is 0.600. The Kier molecular flexibility index (Phi) is 7.48. The molecule has 17 heavy (non-hydrogen) atoms. The van der Waals surface area contributed by atoms with Crippen molar-refractivity contribution >= 4 is 0 Å². The van der Waals surface area contributed by atoms with Crippen molar-refractivity contribution in [1.29, 1.82) is 0 Å². The van der Waals surface area contributed by atoms with Crippen molar-refractivity contribution in [2.45, 2.75) is 45.6 Å². The topological polar surface area (TPSA) is 21.3 Å². The Morgan fingerprint density at radius 3 is 2.29 bits per heavy atom. The van der Waals surface area contributed by atoms with Gasteiger partial charge in [0.2, 0.25) is 0 Å². The van der Waals surface area contributed by atoms with Crippen molar-refractivity contribution < 1.29 is 4.74 Å². The minimum Gasteiger partial charge on any atom is -0.492 e. The summed E-state index contributed by atoms with van der Waals surface area (Å²) in [7, 11) is 0. The monoisotopic (exact) mass is 235 g/mol. The third-order valence-electron chi connectivity index (χ3n) is 2.82. The van der Waals surface area contributed by atoms with Crippen molar-refractivity contribution in [2.24, 2.45) is 0 Å². The fourth-order valence-corrected chi connectivity index (χ4v) is 1.99. The van der Waals surface area contributed by atoms with Crippen molar-refractivity contribution in [3.8, 4) is 5.75 Å². The maximum Gasteiger partial charge on any atom is 0.119 e. The molecule has 0 radical (unpaired) electrons. The van der Waals surface area contributed by atoms with Crippen LogP contribution in [0, 0.1) is 0 Å². The van der Waals surface area contributed by atoms with Crippen LogP contribution < -0.4 is 10.1 Å². The maximum atomic E-state index is 5.65. The molecule has 0 aliphatic heterocycles. The summed E-state index contributed by atoms with van der Waals surface area (Å²) in [6.07, 6.45) is 5.02. The second-order valence-corrected chi connectivity index (χ2v) is 4.39. The molecule has 0 unspecified atom stereocenters. The molecule has 0 fully saturated rings. The molecule has 1 rings (SSSR count). The van der Waals surface area contributed by atoms with Crippen molar-refractivity contribution in [1.82, 2.24) is 5.32 Å². The van der Waals surface area contributed by atoms with Crippen LogP contribution in [0.5, 0.6) is 5.75 Å². The molecule has 0 aromatic heterocycles. The lowest BCUT2D eigenvalue weighted by Crippen LogP contribution is -2.32. The van der Waals surface area contributed by atoms with Crippen LogP contribution in [0.2, 0.25) is 0 Å². The second kappa shape index (κ2) is 9.06. The van der Waals surface area contributed by atoms with Gasteiger partial charge in [-0.25, -0.2) is 0 Å². The van der Waals surface area contributed by atoms with Gasteiger partial charge in [-0.3, -0.25) is 0 Å². The number of benzene rings is 1. The predicted octanol–water partition coefficient (Wildman–Crippen LogP) is 3.62. The van der Waals surface area contributed by atoms with E-state index in [-0.39, 0.29) is 0 Å². The highest BCUT2D eigenvalue weighted by Gasteiger charge is 2.04. The van der Waals surface area contributed by atoms with Gasteiger partial charge in [-0.2, -0.15) is 0 Å². The Hall–Kier alpha value is -1.02. The third kappa shape index (κ3) is 6.32. The molecule has 0 aliphatic carbocycles. The zero-order chi connectivity index (χ0) is 12.3. The standard InChI is InChI=1S/C15H25NO/c1-3-8-14(9-4-2)16-12-13-17-15-10-6-5-7-11-15/h5-7,10-11,14,16H,3-4,8-9,12-13H2,1-2H3. The maximum absolute atomic E-state index is 5.65. The summed E-state index contributed by atoms with van der Waals surface area (Å²) in [4.78, 5) is 0. The van der Waals surface area contributed by atoms with E-state index in [1.54, 1.807) is 0 Å². The molecule has 0 spiro atoms. The first-order valence-corrected chi connectivity index (χ1v) is 6.78. The Labute approximate surface area is 105 Å². The molecular weight excluding hydrogens is 210 g/mol. The Morgan fingerprint density at radius 1 is 1.06 bits per heavy atom. The first-order chi connectivity index (χ1) is 8.36. The minimum absolute atomic E-state index is 0.657. The molecule has 0 heterocycles. The molecule has 0 saturated heterocycles.